The number of alkyl halides is 1. The Bertz CT molecular complexity index is 473. The molecule has 6 heteroatoms. The van der Waals surface area contributed by atoms with E-state index >= 15 is 0 Å². The molecule has 0 aliphatic heterocycles. The zero-order valence-electron chi connectivity index (χ0n) is 9.39. The third-order valence-electron chi connectivity index (χ3n) is 2.34. The monoisotopic (exact) mass is 239 g/mol. The maximum Gasteiger partial charge on any atom is 0.107 e. The summed E-state index contributed by atoms with van der Waals surface area (Å²) in [6.07, 6.45) is 5.64. The number of hydrogen-bond acceptors (Lipinski definition) is 3. The Balaban J connectivity index is 2.21. The molecule has 5 nitrogen and oxygen atoms in total. The van der Waals surface area contributed by atoms with Crippen LogP contribution in [0.5, 0.6) is 0 Å². The Kier molecular flexibility index (Phi) is 3.24. The van der Waals surface area contributed by atoms with Crippen LogP contribution in [-0.2, 0) is 13.5 Å². The minimum Gasteiger partial charge on any atom is -0.273 e. The fourth-order valence-electron chi connectivity index (χ4n) is 1.59. The van der Waals surface area contributed by atoms with Crippen molar-refractivity contribution in [2.24, 2.45) is 7.05 Å². The number of aryl methyl sites for hydroxylation is 3. The summed E-state index contributed by atoms with van der Waals surface area (Å²) in [7, 11) is 1.89. The lowest BCUT2D eigenvalue weighted by molar-refractivity contribution is 0.755. The normalized spacial score (nSPS) is 10.9. The van der Waals surface area contributed by atoms with Gasteiger partial charge in [0, 0.05) is 12.9 Å². The van der Waals surface area contributed by atoms with Crippen LogP contribution >= 0.6 is 11.6 Å². The van der Waals surface area contributed by atoms with Crippen molar-refractivity contribution in [1.29, 1.82) is 0 Å². The first-order valence-corrected chi connectivity index (χ1v) is 5.72. The summed E-state index contributed by atoms with van der Waals surface area (Å²) in [5.74, 6) is 0.652. The highest BCUT2D eigenvalue weighted by Crippen LogP contribution is 2.11. The highest BCUT2D eigenvalue weighted by Gasteiger charge is 2.08. The second-order valence-corrected chi connectivity index (χ2v) is 4.10. The molecular formula is C10H14ClN5. The first-order valence-electron chi connectivity index (χ1n) is 5.18. The Hall–Kier alpha value is -1.36. The van der Waals surface area contributed by atoms with Gasteiger partial charge in [0.1, 0.15) is 5.69 Å². The summed E-state index contributed by atoms with van der Waals surface area (Å²) in [4.78, 5) is 0. The standard InChI is InChI=1S/C10H14ClN5/c1-8-10(7-15(2)13-8)16-6-9(12-14-16)4-3-5-11/h6-7H,3-5H2,1-2H3. The molecule has 0 radical (unpaired) electrons. The topological polar surface area (TPSA) is 48.5 Å². The smallest absolute Gasteiger partial charge is 0.107 e. The molecule has 16 heavy (non-hydrogen) atoms. The predicted molar refractivity (Wildman–Crippen MR) is 61.9 cm³/mol. The highest BCUT2D eigenvalue weighted by molar-refractivity contribution is 6.17. The quantitative estimate of drug-likeness (QED) is 0.760. The molecule has 2 aromatic heterocycles. The number of hydrogen-bond donors (Lipinski definition) is 0. The fourth-order valence-corrected chi connectivity index (χ4v) is 1.72. The van der Waals surface area contributed by atoms with Crippen LogP contribution in [-0.4, -0.2) is 30.7 Å². The van der Waals surface area contributed by atoms with Gasteiger partial charge in [0.2, 0.25) is 0 Å². The average Bonchev–Trinajstić information content (AvgIpc) is 2.82. The van der Waals surface area contributed by atoms with E-state index in [-0.39, 0.29) is 0 Å². The molecule has 0 unspecified atom stereocenters. The van der Waals surface area contributed by atoms with Gasteiger partial charge in [-0.2, -0.15) is 5.10 Å². The van der Waals surface area contributed by atoms with Crippen LogP contribution in [0.25, 0.3) is 5.69 Å². The van der Waals surface area contributed by atoms with Gasteiger partial charge in [0.25, 0.3) is 0 Å². The Labute approximate surface area is 99.0 Å². The van der Waals surface area contributed by atoms with Crippen molar-refractivity contribution in [1.82, 2.24) is 24.8 Å². The Morgan fingerprint density at radius 1 is 1.38 bits per heavy atom. The number of halogens is 1. The molecule has 2 heterocycles. The molecule has 0 saturated heterocycles. The Morgan fingerprint density at radius 3 is 2.81 bits per heavy atom. The van der Waals surface area contributed by atoms with Gasteiger partial charge in [-0.3, -0.25) is 4.68 Å². The highest BCUT2D eigenvalue weighted by atomic mass is 35.5. The number of nitrogens with zero attached hydrogens (tertiary/aromatic N) is 5. The lowest BCUT2D eigenvalue weighted by Crippen LogP contribution is -1.95. The molecule has 0 aromatic carbocycles. The van der Waals surface area contributed by atoms with Crippen LogP contribution in [0.2, 0.25) is 0 Å². The molecule has 86 valence electrons. The zero-order valence-corrected chi connectivity index (χ0v) is 10.1. The van der Waals surface area contributed by atoms with Gasteiger partial charge < -0.3 is 0 Å². The third-order valence-corrected chi connectivity index (χ3v) is 2.61. The maximum atomic E-state index is 5.64. The minimum absolute atomic E-state index is 0.652. The molecule has 0 aliphatic carbocycles. The van der Waals surface area contributed by atoms with E-state index in [9.17, 15) is 0 Å². The molecule has 0 aliphatic rings. The summed E-state index contributed by atoms with van der Waals surface area (Å²) in [6.45, 7) is 1.95. The lowest BCUT2D eigenvalue weighted by Gasteiger charge is -1.94. The van der Waals surface area contributed by atoms with Gasteiger partial charge in [-0.1, -0.05) is 5.21 Å². The third kappa shape index (κ3) is 2.24. The van der Waals surface area contributed by atoms with Crippen LogP contribution in [0, 0.1) is 6.92 Å². The molecule has 0 atom stereocenters. The van der Waals surface area contributed by atoms with Crippen LogP contribution < -0.4 is 0 Å². The molecular weight excluding hydrogens is 226 g/mol. The first kappa shape index (κ1) is 11.1. The van der Waals surface area contributed by atoms with Crippen molar-refractivity contribution in [3.05, 3.63) is 23.8 Å². The summed E-state index contributed by atoms with van der Waals surface area (Å²) in [5, 5.41) is 12.4. The van der Waals surface area contributed by atoms with E-state index in [2.05, 4.69) is 15.4 Å². The second-order valence-electron chi connectivity index (χ2n) is 3.72. The predicted octanol–water partition coefficient (Wildman–Crippen LogP) is 1.48. The van der Waals surface area contributed by atoms with Crippen molar-refractivity contribution in [2.75, 3.05) is 5.88 Å². The zero-order chi connectivity index (χ0) is 11.5. The molecule has 0 saturated carbocycles. The molecule has 0 amide bonds. The van der Waals surface area contributed by atoms with Gasteiger partial charge in [0.15, 0.2) is 0 Å². The van der Waals surface area contributed by atoms with Crippen molar-refractivity contribution in [3.8, 4) is 5.69 Å². The number of aromatic nitrogens is 5. The van der Waals surface area contributed by atoms with Gasteiger partial charge in [-0.25, -0.2) is 4.68 Å². The van der Waals surface area contributed by atoms with E-state index in [0.717, 1.165) is 29.9 Å². The molecule has 0 N–H and O–H groups in total. The molecule has 2 aromatic rings. The molecule has 0 spiro atoms. The van der Waals surface area contributed by atoms with Crippen LogP contribution in [0.3, 0.4) is 0 Å². The minimum atomic E-state index is 0.652. The second kappa shape index (κ2) is 4.65. The summed E-state index contributed by atoms with van der Waals surface area (Å²) >= 11 is 5.64. The van der Waals surface area contributed by atoms with Crippen molar-refractivity contribution in [3.63, 3.8) is 0 Å². The van der Waals surface area contributed by atoms with E-state index in [4.69, 9.17) is 11.6 Å². The number of rotatable bonds is 4. The first-order chi connectivity index (χ1) is 7.70. The van der Waals surface area contributed by atoms with Crippen molar-refractivity contribution < 1.29 is 0 Å². The van der Waals surface area contributed by atoms with Crippen LogP contribution in [0.4, 0.5) is 0 Å². The fraction of sp³-hybridized carbons (Fsp3) is 0.500. The molecule has 0 fully saturated rings. The van der Waals surface area contributed by atoms with E-state index in [1.807, 2.05) is 26.4 Å². The molecule has 2 rings (SSSR count). The molecule has 0 bridgehead atoms. The van der Waals surface area contributed by atoms with E-state index in [0.29, 0.717) is 5.88 Å². The summed E-state index contributed by atoms with van der Waals surface area (Å²) in [6, 6.07) is 0. The van der Waals surface area contributed by atoms with E-state index in [1.165, 1.54) is 0 Å². The van der Waals surface area contributed by atoms with E-state index in [1.54, 1.807) is 9.36 Å². The van der Waals surface area contributed by atoms with Gasteiger partial charge in [-0.15, -0.1) is 16.7 Å². The van der Waals surface area contributed by atoms with Crippen molar-refractivity contribution >= 4 is 11.6 Å². The van der Waals surface area contributed by atoms with Crippen LogP contribution in [0.1, 0.15) is 17.8 Å². The summed E-state index contributed by atoms with van der Waals surface area (Å²) < 4.78 is 3.52. The average molecular weight is 240 g/mol. The van der Waals surface area contributed by atoms with Gasteiger partial charge >= 0.3 is 0 Å². The van der Waals surface area contributed by atoms with E-state index < -0.39 is 0 Å². The van der Waals surface area contributed by atoms with Gasteiger partial charge in [-0.05, 0) is 19.8 Å². The maximum absolute atomic E-state index is 5.64. The Morgan fingerprint density at radius 2 is 2.19 bits per heavy atom. The van der Waals surface area contributed by atoms with Gasteiger partial charge in [0.05, 0.1) is 23.8 Å². The SMILES string of the molecule is Cc1nn(C)cc1-n1cc(CCCCl)nn1. The summed E-state index contributed by atoms with van der Waals surface area (Å²) in [5.41, 5.74) is 2.87. The largest absolute Gasteiger partial charge is 0.273 e. The van der Waals surface area contributed by atoms with Crippen molar-refractivity contribution in [2.45, 2.75) is 19.8 Å². The van der Waals surface area contributed by atoms with Crippen LogP contribution in [0.15, 0.2) is 12.4 Å². The lowest BCUT2D eigenvalue weighted by atomic mass is 10.3.